The summed E-state index contributed by atoms with van der Waals surface area (Å²) < 4.78 is 28.9. The van der Waals surface area contributed by atoms with Crippen LogP contribution in [0.4, 0.5) is 0 Å². The molecule has 3 aromatic rings. The molecule has 3 rings (SSSR count). The van der Waals surface area contributed by atoms with Crippen LogP contribution in [0.2, 0.25) is 0 Å². The molecule has 124 valence electrons. The normalized spacial score (nSPS) is 11.6. The lowest BCUT2D eigenvalue weighted by Gasteiger charge is -2.09. The van der Waals surface area contributed by atoms with E-state index in [0.29, 0.717) is 16.9 Å². The Kier molecular flexibility index (Phi) is 3.88. The fourth-order valence-electron chi connectivity index (χ4n) is 2.68. The van der Waals surface area contributed by atoms with E-state index in [4.69, 9.17) is 0 Å². The van der Waals surface area contributed by atoms with E-state index in [-0.39, 0.29) is 10.6 Å². The number of nitrogens with one attached hydrogen (secondary N) is 1. The molecule has 2 aromatic heterocycles. The number of aryl methyl sites for hydroxylation is 3. The molecule has 7 heteroatoms. The van der Waals surface area contributed by atoms with Crippen molar-refractivity contribution in [2.24, 2.45) is 0 Å². The summed E-state index contributed by atoms with van der Waals surface area (Å²) in [5, 5.41) is 0. The molecular formula is C17H17N3O3S. The van der Waals surface area contributed by atoms with Crippen molar-refractivity contribution in [1.29, 1.82) is 0 Å². The summed E-state index contributed by atoms with van der Waals surface area (Å²) in [6.45, 7) is 5.33. The van der Waals surface area contributed by atoms with Crippen molar-refractivity contribution < 1.29 is 13.2 Å². The van der Waals surface area contributed by atoms with Crippen LogP contribution in [0.1, 0.15) is 27.4 Å². The van der Waals surface area contributed by atoms with Gasteiger partial charge in [0.25, 0.3) is 15.9 Å². The van der Waals surface area contributed by atoms with E-state index >= 15 is 0 Å². The summed E-state index contributed by atoms with van der Waals surface area (Å²) in [6, 6.07) is 10.3. The molecular weight excluding hydrogens is 326 g/mol. The quantitative estimate of drug-likeness (QED) is 0.792. The molecule has 1 N–H and O–H groups in total. The monoisotopic (exact) mass is 343 g/mol. The van der Waals surface area contributed by atoms with E-state index in [1.54, 1.807) is 48.7 Å². The number of carbonyl (C=O) groups is 1. The molecule has 0 unspecified atom stereocenters. The summed E-state index contributed by atoms with van der Waals surface area (Å²) in [5.41, 5.74) is 2.18. The molecule has 0 saturated carbocycles. The lowest BCUT2D eigenvalue weighted by atomic mass is 10.2. The number of hydrogen-bond acceptors (Lipinski definition) is 4. The summed E-state index contributed by atoms with van der Waals surface area (Å²) in [4.78, 5) is 16.7. The van der Waals surface area contributed by atoms with Gasteiger partial charge in [0.2, 0.25) is 0 Å². The zero-order chi connectivity index (χ0) is 17.5. The number of hydrogen-bond donors (Lipinski definition) is 1. The number of carbonyl (C=O) groups excluding carboxylic acids is 1. The van der Waals surface area contributed by atoms with E-state index in [9.17, 15) is 13.2 Å². The minimum Gasteiger partial charge on any atom is -0.303 e. The van der Waals surface area contributed by atoms with Gasteiger partial charge in [0.05, 0.1) is 10.4 Å². The Morgan fingerprint density at radius 1 is 1.12 bits per heavy atom. The second kappa shape index (κ2) is 5.76. The van der Waals surface area contributed by atoms with Gasteiger partial charge >= 0.3 is 0 Å². The highest BCUT2D eigenvalue weighted by atomic mass is 32.2. The number of nitrogens with zero attached hydrogens (tertiary/aromatic N) is 2. The molecule has 2 heterocycles. The largest absolute Gasteiger partial charge is 0.303 e. The van der Waals surface area contributed by atoms with Crippen LogP contribution >= 0.6 is 0 Å². The number of sulfonamides is 1. The summed E-state index contributed by atoms with van der Waals surface area (Å²) in [5.74, 6) is -0.133. The maximum Gasteiger partial charge on any atom is 0.285 e. The van der Waals surface area contributed by atoms with Gasteiger partial charge in [-0.15, -0.1) is 0 Å². The first-order chi connectivity index (χ1) is 11.3. The molecule has 0 bridgehead atoms. The minimum atomic E-state index is -3.96. The van der Waals surface area contributed by atoms with Gasteiger partial charge in [-0.2, -0.15) is 0 Å². The summed E-state index contributed by atoms with van der Waals surface area (Å²) >= 11 is 0. The topological polar surface area (TPSA) is 80.5 Å². The van der Waals surface area contributed by atoms with E-state index < -0.39 is 15.9 Å². The first-order valence-corrected chi connectivity index (χ1v) is 8.86. The SMILES string of the molecule is Cc1ccc(S(=O)(=O)NC(=O)c2nc(C)n3ccccc23)c(C)c1. The molecule has 0 spiro atoms. The van der Waals surface area contributed by atoms with Gasteiger partial charge < -0.3 is 4.40 Å². The van der Waals surface area contributed by atoms with Gasteiger partial charge in [0, 0.05) is 6.20 Å². The predicted octanol–water partition coefficient (Wildman–Crippen LogP) is 2.38. The molecule has 0 aliphatic heterocycles. The number of imidazole rings is 1. The smallest absolute Gasteiger partial charge is 0.285 e. The third-order valence-electron chi connectivity index (χ3n) is 3.79. The first kappa shape index (κ1) is 16.2. The van der Waals surface area contributed by atoms with Gasteiger partial charge in [-0.1, -0.05) is 23.8 Å². The highest BCUT2D eigenvalue weighted by Crippen LogP contribution is 2.18. The molecule has 0 saturated heterocycles. The van der Waals surface area contributed by atoms with Gasteiger partial charge in [0.1, 0.15) is 5.82 Å². The van der Waals surface area contributed by atoms with Gasteiger partial charge in [-0.25, -0.2) is 18.1 Å². The van der Waals surface area contributed by atoms with Crippen molar-refractivity contribution in [3.8, 4) is 0 Å². The molecule has 0 aliphatic carbocycles. The Balaban J connectivity index is 1.99. The van der Waals surface area contributed by atoms with Gasteiger partial charge in [-0.3, -0.25) is 4.79 Å². The fourth-order valence-corrected chi connectivity index (χ4v) is 3.87. The molecule has 6 nitrogen and oxygen atoms in total. The van der Waals surface area contributed by atoms with Crippen molar-refractivity contribution in [1.82, 2.24) is 14.1 Å². The number of pyridine rings is 1. The third kappa shape index (κ3) is 2.78. The van der Waals surface area contributed by atoms with Crippen molar-refractivity contribution >= 4 is 21.4 Å². The molecule has 0 atom stereocenters. The van der Waals surface area contributed by atoms with Crippen LogP contribution < -0.4 is 4.72 Å². The number of aromatic nitrogens is 2. The van der Waals surface area contributed by atoms with Gasteiger partial charge in [-0.05, 0) is 44.5 Å². The fraction of sp³-hybridized carbons (Fsp3) is 0.176. The molecule has 0 fully saturated rings. The highest BCUT2D eigenvalue weighted by molar-refractivity contribution is 7.90. The van der Waals surface area contributed by atoms with Crippen LogP contribution in [0.15, 0.2) is 47.5 Å². The molecule has 1 aromatic carbocycles. The van der Waals surface area contributed by atoms with Crippen LogP contribution in [0, 0.1) is 20.8 Å². The van der Waals surface area contributed by atoms with E-state index in [0.717, 1.165) is 5.56 Å². The number of amides is 1. The average Bonchev–Trinajstić information content (AvgIpc) is 2.84. The van der Waals surface area contributed by atoms with Crippen LogP contribution in [-0.2, 0) is 10.0 Å². The van der Waals surface area contributed by atoms with Gasteiger partial charge in [0.15, 0.2) is 5.69 Å². The van der Waals surface area contributed by atoms with Crippen molar-refractivity contribution in [3.63, 3.8) is 0 Å². The zero-order valence-electron chi connectivity index (χ0n) is 13.6. The summed E-state index contributed by atoms with van der Waals surface area (Å²) in [6.07, 6.45) is 1.77. The zero-order valence-corrected chi connectivity index (χ0v) is 14.4. The van der Waals surface area contributed by atoms with Crippen LogP contribution in [0.25, 0.3) is 5.52 Å². The number of rotatable bonds is 3. The Bertz CT molecular complexity index is 1050. The van der Waals surface area contributed by atoms with Crippen molar-refractivity contribution in [2.45, 2.75) is 25.7 Å². The predicted molar refractivity (Wildman–Crippen MR) is 90.5 cm³/mol. The minimum absolute atomic E-state index is 0.0847. The van der Waals surface area contributed by atoms with E-state index in [1.165, 1.54) is 6.07 Å². The second-order valence-electron chi connectivity index (χ2n) is 5.67. The molecule has 0 aliphatic rings. The van der Waals surface area contributed by atoms with Crippen molar-refractivity contribution in [3.05, 3.63) is 65.2 Å². The second-order valence-corrected chi connectivity index (χ2v) is 7.32. The molecule has 1 amide bonds. The average molecular weight is 343 g/mol. The summed E-state index contributed by atoms with van der Waals surface area (Å²) in [7, 11) is -3.96. The van der Waals surface area contributed by atoms with Crippen LogP contribution in [-0.4, -0.2) is 23.7 Å². The molecule has 24 heavy (non-hydrogen) atoms. The third-order valence-corrected chi connectivity index (χ3v) is 5.28. The number of benzene rings is 1. The van der Waals surface area contributed by atoms with Crippen LogP contribution in [0.5, 0.6) is 0 Å². The van der Waals surface area contributed by atoms with Crippen LogP contribution in [0.3, 0.4) is 0 Å². The standard InChI is InChI=1S/C17H17N3O3S/c1-11-7-8-15(12(2)10-11)24(22,23)19-17(21)16-14-6-4-5-9-20(14)13(3)18-16/h4-10H,1-3H3,(H,19,21). The Labute approximate surface area is 140 Å². The van der Waals surface area contributed by atoms with E-state index in [2.05, 4.69) is 9.71 Å². The highest BCUT2D eigenvalue weighted by Gasteiger charge is 2.23. The lowest BCUT2D eigenvalue weighted by Crippen LogP contribution is -2.31. The first-order valence-electron chi connectivity index (χ1n) is 7.38. The Hall–Kier alpha value is -2.67. The lowest BCUT2D eigenvalue weighted by molar-refractivity contribution is 0.0978. The maximum absolute atomic E-state index is 12.5. The van der Waals surface area contributed by atoms with Crippen molar-refractivity contribution in [2.75, 3.05) is 0 Å². The van der Waals surface area contributed by atoms with E-state index in [1.807, 2.05) is 13.0 Å². The number of fused-ring (bicyclic) bond motifs is 1. The maximum atomic E-state index is 12.5. The Morgan fingerprint density at radius 2 is 1.88 bits per heavy atom. The molecule has 0 radical (unpaired) electrons. The Morgan fingerprint density at radius 3 is 2.58 bits per heavy atom.